The molecule has 0 unspecified atom stereocenters. The maximum Gasteiger partial charge on any atom is 0.354 e. The van der Waals surface area contributed by atoms with E-state index < -0.39 is 5.97 Å². The number of aryl methyl sites for hydroxylation is 2. The van der Waals surface area contributed by atoms with Gasteiger partial charge < -0.3 is 10.1 Å². The van der Waals surface area contributed by atoms with E-state index >= 15 is 0 Å². The number of aromatic carboxylic acids is 1. The molecule has 0 aliphatic rings. The molecule has 5 aromatic rings. The SMILES string of the molecule is C=CCCCCCCCCCc1ccc(-c2c[c-]c(-c3ccc(-c4ccc(CCCCCCCCCC=C)cc4)cn3)cc2)cc1.O=C(O)c1ccccn1.[Pt]. The van der Waals surface area contributed by atoms with Crippen LogP contribution in [-0.4, -0.2) is 21.0 Å². The topological polar surface area (TPSA) is 63.1 Å². The second kappa shape index (κ2) is 28.1. The zero-order chi connectivity index (χ0) is 38.8. The third-order valence-corrected chi connectivity index (χ3v) is 10.1. The van der Waals surface area contributed by atoms with Crippen LogP contribution in [0.4, 0.5) is 0 Å². The van der Waals surface area contributed by atoms with E-state index in [1.165, 1.54) is 143 Å². The Kier molecular flexibility index (Phi) is 23.0. The van der Waals surface area contributed by atoms with Crippen molar-refractivity contribution in [1.82, 2.24) is 9.97 Å². The Morgan fingerprint density at radius 3 is 1.45 bits per heavy atom. The first-order valence-corrected chi connectivity index (χ1v) is 20.6. The van der Waals surface area contributed by atoms with Crippen molar-refractivity contribution in [2.75, 3.05) is 0 Å². The Morgan fingerprint density at radius 2 is 1.04 bits per heavy atom. The molecule has 5 heteroatoms. The van der Waals surface area contributed by atoms with Crippen LogP contribution in [0.2, 0.25) is 0 Å². The predicted octanol–water partition coefficient (Wildman–Crippen LogP) is 14.4. The van der Waals surface area contributed by atoms with Crippen molar-refractivity contribution in [3.8, 4) is 33.5 Å². The van der Waals surface area contributed by atoms with Crippen LogP contribution in [0.5, 0.6) is 0 Å². The van der Waals surface area contributed by atoms with Crippen LogP contribution < -0.4 is 0 Å². The van der Waals surface area contributed by atoms with Gasteiger partial charge in [-0.1, -0.05) is 154 Å². The average Bonchev–Trinajstić information content (AvgIpc) is 3.23. The number of aromatic nitrogens is 2. The molecule has 0 atom stereocenters. The van der Waals surface area contributed by atoms with Crippen molar-refractivity contribution in [3.05, 3.63) is 158 Å². The molecule has 298 valence electrons. The van der Waals surface area contributed by atoms with E-state index in [1.807, 2.05) is 18.3 Å². The number of carboxylic acid groups (broad SMARTS) is 1. The Hall–Kier alpha value is -4.40. The molecule has 0 aliphatic heterocycles. The molecule has 2 heterocycles. The molecule has 4 nitrogen and oxygen atoms in total. The zero-order valence-corrected chi connectivity index (χ0v) is 35.5. The van der Waals surface area contributed by atoms with Gasteiger partial charge in [-0.25, -0.2) is 9.78 Å². The fraction of sp³-hybridized carbons (Fsp3) is 0.353. The summed E-state index contributed by atoms with van der Waals surface area (Å²) < 4.78 is 0. The number of carbonyl (C=O) groups is 1. The van der Waals surface area contributed by atoms with Gasteiger partial charge in [0.15, 0.2) is 0 Å². The molecule has 2 aromatic heterocycles. The van der Waals surface area contributed by atoms with Crippen molar-refractivity contribution in [1.29, 1.82) is 0 Å². The number of carboxylic acids is 1. The van der Waals surface area contributed by atoms with Gasteiger partial charge in [0.05, 0.1) is 0 Å². The molecule has 5 rings (SSSR count). The van der Waals surface area contributed by atoms with Gasteiger partial charge in [-0.3, -0.25) is 0 Å². The summed E-state index contributed by atoms with van der Waals surface area (Å²) in [7, 11) is 0. The van der Waals surface area contributed by atoms with Gasteiger partial charge in [0.2, 0.25) is 0 Å². The fourth-order valence-electron chi connectivity index (χ4n) is 6.71. The summed E-state index contributed by atoms with van der Waals surface area (Å²) in [5, 5.41) is 8.32. The van der Waals surface area contributed by atoms with Crippen molar-refractivity contribution < 1.29 is 31.0 Å². The van der Waals surface area contributed by atoms with Crippen LogP contribution in [0.25, 0.3) is 33.5 Å². The normalized spacial score (nSPS) is 10.5. The van der Waals surface area contributed by atoms with Gasteiger partial charge >= 0.3 is 5.97 Å². The van der Waals surface area contributed by atoms with Gasteiger partial charge in [0, 0.05) is 33.5 Å². The zero-order valence-electron chi connectivity index (χ0n) is 33.3. The smallest absolute Gasteiger partial charge is 0.354 e. The standard InChI is InChI=1S/C45H56N.C6H5NO2.Pt/c1-3-5-7-9-11-13-15-17-19-21-38-23-27-40(28-24-38)41-31-33-43(34-32-41)45-36-35-44(37-46-45)42-29-25-39(26-30-42)22-20-18-16-14-12-10-8-6-4-2;8-6(9)5-3-1-2-4-7-5;/h3-4,23-33,35-37H,1-2,5-22H2;1-4H,(H,8,9);/q-1;;. The fourth-order valence-corrected chi connectivity index (χ4v) is 6.71. The molecule has 0 radical (unpaired) electrons. The van der Waals surface area contributed by atoms with Crippen LogP contribution in [0.3, 0.4) is 0 Å². The van der Waals surface area contributed by atoms with E-state index in [-0.39, 0.29) is 26.8 Å². The van der Waals surface area contributed by atoms with Crippen molar-refractivity contribution in [2.45, 2.75) is 116 Å². The molecule has 0 spiro atoms. The summed E-state index contributed by atoms with van der Waals surface area (Å²) >= 11 is 0. The molecule has 1 N–H and O–H groups in total. The summed E-state index contributed by atoms with van der Waals surface area (Å²) in [5.74, 6) is -0.990. The molecule has 0 amide bonds. The Balaban J connectivity index is 0.000000738. The Bertz CT molecular complexity index is 1670. The maximum atomic E-state index is 10.1. The number of hydrogen-bond donors (Lipinski definition) is 1. The minimum atomic E-state index is -0.990. The van der Waals surface area contributed by atoms with Crippen LogP contribution in [0.1, 0.15) is 124 Å². The number of nitrogens with zero attached hydrogens (tertiary/aromatic N) is 2. The number of rotatable bonds is 24. The van der Waals surface area contributed by atoms with Gasteiger partial charge in [0.25, 0.3) is 0 Å². The van der Waals surface area contributed by atoms with Gasteiger partial charge in [-0.05, 0) is 91.4 Å². The van der Waals surface area contributed by atoms with E-state index in [1.54, 1.807) is 12.1 Å². The molecule has 56 heavy (non-hydrogen) atoms. The van der Waals surface area contributed by atoms with Gasteiger partial charge in [-0.2, -0.15) is 0 Å². The molecular formula is C51H61N2O2Pt-. The van der Waals surface area contributed by atoms with Crippen LogP contribution in [0, 0.1) is 6.07 Å². The molecule has 0 fully saturated rings. The maximum absolute atomic E-state index is 10.1. The Morgan fingerprint density at radius 1 is 0.554 bits per heavy atom. The first-order chi connectivity index (χ1) is 27.1. The summed E-state index contributed by atoms with van der Waals surface area (Å²) in [6, 6.07) is 37.1. The average molecular weight is 929 g/mol. The predicted molar refractivity (Wildman–Crippen MR) is 232 cm³/mol. The first-order valence-electron chi connectivity index (χ1n) is 20.6. The summed E-state index contributed by atoms with van der Waals surface area (Å²) in [4.78, 5) is 18.5. The largest absolute Gasteiger partial charge is 0.477 e. The van der Waals surface area contributed by atoms with Gasteiger partial charge in [-0.15, -0.1) is 43.0 Å². The monoisotopic (exact) mass is 928 g/mol. The number of benzene rings is 3. The van der Waals surface area contributed by atoms with Crippen LogP contribution in [-0.2, 0) is 33.9 Å². The second-order valence-electron chi connectivity index (χ2n) is 14.4. The minimum Gasteiger partial charge on any atom is -0.477 e. The summed E-state index contributed by atoms with van der Waals surface area (Å²) in [6.07, 6.45) is 30.9. The van der Waals surface area contributed by atoms with Crippen molar-refractivity contribution in [2.24, 2.45) is 0 Å². The third kappa shape index (κ3) is 17.6. The van der Waals surface area contributed by atoms with Gasteiger partial charge in [0.1, 0.15) is 5.69 Å². The number of hydrogen-bond acceptors (Lipinski definition) is 3. The van der Waals surface area contributed by atoms with Crippen molar-refractivity contribution in [3.63, 3.8) is 0 Å². The summed E-state index contributed by atoms with van der Waals surface area (Å²) in [5.41, 5.74) is 9.75. The molecule has 0 aliphatic carbocycles. The van der Waals surface area contributed by atoms with E-state index in [0.29, 0.717) is 0 Å². The van der Waals surface area contributed by atoms with E-state index in [0.717, 1.165) is 29.7 Å². The minimum absolute atomic E-state index is 0. The van der Waals surface area contributed by atoms with Crippen molar-refractivity contribution >= 4 is 5.97 Å². The first kappa shape index (κ1) is 46.0. The van der Waals surface area contributed by atoms with Crippen LogP contribution in [0.15, 0.2) is 135 Å². The molecule has 0 saturated carbocycles. The van der Waals surface area contributed by atoms with Crippen LogP contribution >= 0.6 is 0 Å². The number of unbranched alkanes of at least 4 members (excludes halogenated alkanes) is 14. The quantitative estimate of drug-likeness (QED) is 0.0380. The van der Waals surface area contributed by atoms with E-state index in [2.05, 4.69) is 103 Å². The second-order valence-corrected chi connectivity index (χ2v) is 14.4. The van der Waals surface area contributed by atoms with E-state index in [9.17, 15) is 4.79 Å². The molecule has 0 bridgehead atoms. The number of pyridine rings is 2. The molecule has 0 saturated heterocycles. The third-order valence-electron chi connectivity index (χ3n) is 10.1. The molecular weight excluding hydrogens is 868 g/mol. The summed E-state index contributed by atoms with van der Waals surface area (Å²) in [6.45, 7) is 7.61. The number of allylic oxidation sites excluding steroid dienone is 2. The molecule has 3 aromatic carbocycles. The van der Waals surface area contributed by atoms with E-state index in [4.69, 9.17) is 10.1 Å². The Labute approximate surface area is 351 Å².